The van der Waals surface area contributed by atoms with Crippen molar-refractivity contribution >= 4 is 21.6 Å². The highest BCUT2D eigenvalue weighted by atomic mass is 79.9. The number of aromatic nitrogens is 1. The maximum absolute atomic E-state index is 13.1. The number of nitrogens with one attached hydrogen (secondary N) is 1. The van der Waals surface area contributed by atoms with Gasteiger partial charge in [-0.3, -0.25) is 0 Å². The molecule has 1 aromatic carbocycles. The number of rotatable bonds is 4. The molecule has 1 unspecified atom stereocenters. The van der Waals surface area contributed by atoms with Gasteiger partial charge in [0.2, 0.25) is 0 Å². The van der Waals surface area contributed by atoms with Crippen molar-refractivity contribution < 1.29 is 4.39 Å². The second kappa shape index (κ2) is 5.96. The highest BCUT2D eigenvalue weighted by Gasteiger charge is 2.04. The Morgan fingerprint density at radius 3 is 2.83 bits per heavy atom. The first kappa shape index (κ1) is 13.0. The van der Waals surface area contributed by atoms with Gasteiger partial charge in [0.15, 0.2) is 0 Å². The number of hydrogen-bond donors (Lipinski definition) is 1. The third kappa shape index (κ3) is 3.81. The van der Waals surface area contributed by atoms with Crippen LogP contribution in [0.5, 0.6) is 0 Å². The monoisotopic (exact) mass is 308 g/mol. The topological polar surface area (TPSA) is 24.9 Å². The van der Waals surface area contributed by atoms with Crippen molar-refractivity contribution in [3.05, 3.63) is 58.6 Å². The van der Waals surface area contributed by atoms with E-state index in [1.54, 1.807) is 18.3 Å². The van der Waals surface area contributed by atoms with E-state index < -0.39 is 0 Å². The van der Waals surface area contributed by atoms with Gasteiger partial charge in [-0.1, -0.05) is 12.1 Å². The van der Waals surface area contributed by atoms with E-state index in [0.717, 1.165) is 22.3 Å². The fraction of sp³-hybridized carbons (Fsp3) is 0.214. The summed E-state index contributed by atoms with van der Waals surface area (Å²) in [6.07, 6.45) is 2.54. The fourth-order valence-corrected chi connectivity index (χ4v) is 2.05. The second-order valence-electron chi connectivity index (χ2n) is 4.25. The van der Waals surface area contributed by atoms with Gasteiger partial charge in [-0.05, 0) is 59.1 Å². The van der Waals surface area contributed by atoms with Crippen LogP contribution in [0.4, 0.5) is 10.1 Å². The molecule has 0 radical (unpaired) electrons. The lowest BCUT2D eigenvalue weighted by molar-refractivity contribution is 0.624. The molecule has 2 aromatic rings. The molecule has 0 aliphatic heterocycles. The van der Waals surface area contributed by atoms with Crippen LogP contribution in [-0.2, 0) is 6.42 Å². The van der Waals surface area contributed by atoms with E-state index in [9.17, 15) is 4.39 Å². The summed E-state index contributed by atoms with van der Waals surface area (Å²) in [5.74, 6) is -0.190. The lowest BCUT2D eigenvalue weighted by atomic mass is 10.1. The maximum atomic E-state index is 13.1. The van der Waals surface area contributed by atoms with Gasteiger partial charge in [-0.2, -0.15) is 0 Å². The third-order valence-corrected chi connectivity index (χ3v) is 3.04. The third-order valence-electron chi connectivity index (χ3n) is 2.57. The van der Waals surface area contributed by atoms with Gasteiger partial charge in [-0.15, -0.1) is 0 Å². The van der Waals surface area contributed by atoms with Gasteiger partial charge < -0.3 is 5.32 Å². The average molecular weight is 309 g/mol. The minimum atomic E-state index is -0.190. The molecular formula is C14H14BrFN2. The normalized spacial score (nSPS) is 12.2. The summed E-state index contributed by atoms with van der Waals surface area (Å²) in [6.45, 7) is 2.06. The lowest BCUT2D eigenvalue weighted by Gasteiger charge is -2.15. The Morgan fingerprint density at radius 2 is 2.17 bits per heavy atom. The SMILES string of the molecule is CC(Cc1cccc(F)c1)Nc1ccc(Br)nc1. The molecule has 0 saturated heterocycles. The first-order chi connectivity index (χ1) is 8.63. The van der Waals surface area contributed by atoms with Crippen LogP contribution in [0.2, 0.25) is 0 Å². The molecule has 0 bridgehead atoms. The van der Waals surface area contributed by atoms with Crippen molar-refractivity contribution in [1.82, 2.24) is 4.98 Å². The van der Waals surface area contributed by atoms with Crippen molar-refractivity contribution in [2.45, 2.75) is 19.4 Å². The van der Waals surface area contributed by atoms with Crippen molar-refractivity contribution in [2.75, 3.05) is 5.32 Å². The Hall–Kier alpha value is -1.42. The smallest absolute Gasteiger partial charge is 0.123 e. The van der Waals surface area contributed by atoms with Gasteiger partial charge in [0, 0.05) is 6.04 Å². The van der Waals surface area contributed by atoms with E-state index in [1.807, 2.05) is 18.2 Å². The zero-order valence-corrected chi connectivity index (χ0v) is 11.6. The number of benzene rings is 1. The molecule has 2 nitrogen and oxygen atoms in total. The molecule has 1 aromatic heterocycles. The summed E-state index contributed by atoms with van der Waals surface area (Å²) in [7, 11) is 0. The van der Waals surface area contributed by atoms with Crippen molar-refractivity contribution in [3.8, 4) is 0 Å². The molecule has 0 spiro atoms. The number of hydrogen-bond acceptors (Lipinski definition) is 2. The van der Waals surface area contributed by atoms with E-state index >= 15 is 0 Å². The van der Waals surface area contributed by atoms with Gasteiger partial charge in [0.1, 0.15) is 10.4 Å². The van der Waals surface area contributed by atoms with Gasteiger partial charge in [0.05, 0.1) is 11.9 Å². The van der Waals surface area contributed by atoms with E-state index in [1.165, 1.54) is 6.07 Å². The highest BCUT2D eigenvalue weighted by Crippen LogP contribution is 2.13. The summed E-state index contributed by atoms with van der Waals surface area (Å²) in [5.41, 5.74) is 1.95. The van der Waals surface area contributed by atoms with E-state index in [2.05, 4.69) is 33.2 Å². The Kier molecular flexibility index (Phi) is 4.31. The van der Waals surface area contributed by atoms with Crippen LogP contribution in [0, 0.1) is 5.82 Å². The first-order valence-corrected chi connectivity index (χ1v) is 6.55. The molecule has 0 saturated carbocycles. The summed E-state index contributed by atoms with van der Waals surface area (Å²) >= 11 is 3.29. The van der Waals surface area contributed by atoms with Crippen LogP contribution >= 0.6 is 15.9 Å². The lowest BCUT2D eigenvalue weighted by Crippen LogP contribution is -2.18. The number of pyridine rings is 1. The van der Waals surface area contributed by atoms with Crippen LogP contribution < -0.4 is 5.32 Å². The zero-order valence-electron chi connectivity index (χ0n) is 10.0. The number of anilines is 1. The first-order valence-electron chi connectivity index (χ1n) is 5.76. The summed E-state index contributed by atoms with van der Waals surface area (Å²) < 4.78 is 13.9. The molecule has 0 aliphatic carbocycles. The van der Waals surface area contributed by atoms with Crippen molar-refractivity contribution in [3.63, 3.8) is 0 Å². The van der Waals surface area contributed by atoms with E-state index in [0.29, 0.717) is 0 Å². The van der Waals surface area contributed by atoms with Gasteiger partial charge >= 0.3 is 0 Å². The summed E-state index contributed by atoms with van der Waals surface area (Å²) in [6, 6.07) is 10.8. The second-order valence-corrected chi connectivity index (χ2v) is 5.06. The molecule has 2 rings (SSSR count). The van der Waals surface area contributed by atoms with Crippen molar-refractivity contribution in [1.29, 1.82) is 0 Å². The summed E-state index contributed by atoms with van der Waals surface area (Å²) in [5, 5.41) is 3.33. The Balaban J connectivity index is 1.96. The highest BCUT2D eigenvalue weighted by molar-refractivity contribution is 9.10. The minimum absolute atomic E-state index is 0.190. The van der Waals surface area contributed by atoms with Crippen LogP contribution in [0.15, 0.2) is 47.2 Å². The van der Waals surface area contributed by atoms with Crippen molar-refractivity contribution in [2.24, 2.45) is 0 Å². The average Bonchev–Trinajstić information content (AvgIpc) is 2.32. The fourth-order valence-electron chi connectivity index (χ4n) is 1.81. The summed E-state index contributed by atoms with van der Waals surface area (Å²) in [4.78, 5) is 4.15. The van der Waals surface area contributed by atoms with Gasteiger partial charge in [0.25, 0.3) is 0 Å². The van der Waals surface area contributed by atoms with Crippen LogP contribution in [0.25, 0.3) is 0 Å². The molecule has 94 valence electrons. The predicted octanol–water partition coefficient (Wildman–Crippen LogP) is 4.03. The largest absolute Gasteiger partial charge is 0.381 e. The number of nitrogens with zero attached hydrogens (tertiary/aromatic N) is 1. The molecule has 1 heterocycles. The van der Waals surface area contributed by atoms with Gasteiger partial charge in [-0.25, -0.2) is 9.37 Å². The molecular weight excluding hydrogens is 295 g/mol. The zero-order chi connectivity index (χ0) is 13.0. The quantitative estimate of drug-likeness (QED) is 0.863. The molecule has 0 aliphatic rings. The van der Waals surface area contributed by atoms with Crippen LogP contribution in [0.3, 0.4) is 0 Å². The molecule has 1 N–H and O–H groups in total. The predicted molar refractivity (Wildman–Crippen MR) is 75.1 cm³/mol. The Bertz CT molecular complexity index is 513. The molecule has 4 heteroatoms. The minimum Gasteiger partial charge on any atom is -0.381 e. The molecule has 18 heavy (non-hydrogen) atoms. The number of halogens is 2. The standard InChI is InChI=1S/C14H14BrFN2/c1-10(7-11-3-2-4-12(16)8-11)18-13-5-6-14(15)17-9-13/h2-6,8-10,18H,7H2,1H3. The van der Waals surface area contributed by atoms with E-state index in [4.69, 9.17) is 0 Å². The van der Waals surface area contributed by atoms with Crippen LogP contribution in [-0.4, -0.2) is 11.0 Å². The Labute approximate surface area is 114 Å². The van der Waals surface area contributed by atoms with Crippen LogP contribution in [0.1, 0.15) is 12.5 Å². The Morgan fingerprint density at radius 1 is 1.33 bits per heavy atom. The molecule has 1 atom stereocenters. The maximum Gasteiger partial charge on any atom is 0.123 e. The molecule has 0 fully saturated rings. The van der Waals surface area contributed by atoms with E-state index in [-0.39, 0.29) is 11.9 Å². The molecule has 0 amide bonds.